The summed E-state index contributed by atoms with van der Waals surface area (Å²) in [7, 11) is 0. The Morgan fingerprint density at radius 2 is 1.93 bits per heavy atom. The summed E-state index contributed by atoms with van der Waals surface area (Å²) < 4.78 is 28.3. The number of nitrogens with one attached hydrogen (secondary N) is 2. The first-order chi connectivity index (χ1) is 19.6. The van der Waals surface area contributed by atoms with Crippen LogP contribution in [0.25, 0.3) is 5.57 Å². The number of carbonyl (C=O) groups excluding carboxylic acids is 3. The second-order valence-electron chi connectivity index (χ2n) is 10.5. The Bertz CT molecular complexity index is 1630. The number of rotatable bonds is 8. The molecule has 5 rings (SSSR count). The molecule has 4 N–H and O–H groups in total. The molecule has 2 atom stereocenters. The van der Waals surface area contributed by atoms with Crippen molar-refractivity contribution in [2.24, 2.45) is 10.7 Å². The maximum Gasteiger partial charge on any atom is 0.251 e. The van der Waals surface area contributed by atoms with Gasteiger partial charge < -0.3 is 16.4 Å². The van der Waals surface area contributed by atoms with Crippen LogP contribution < -0.4 is 16.4 Å². The maximum atomic E-state index is 14.3. The number of allylic oxidation sites excluding steroid dienone is 1. The second kappa shape index (κ2) is 11.4. The number of primary amides is 1. The van der Waals surface area contributed by atoms with Gasteiger partial charge >= 0.3 is 0 Å². The fourth-order valence-corrected chi connectivity index (χ4v) is 5.72. The monoisotopic (exact) mass is 556 g/mol. The number of fused-ring (bicyclic) bond motifs is 1. The highest BCUT2D eigenvalue weighted by atomic mass is 19.1. The van der Waals surface area contributed by atoms with Gasteiger partial charge in [0.15, 0.2) is 0 Å². The van der Waals surface area contributed by atoms with E-state index in [1.54, 1.807) is 24.4 Å². The largest absolute Gasteiger partial charge is 0.366 e. The summed E-state index contributed by atoms with van der Waals surface area (Å²) in [6.45, 7) is 3.86. The van der Waals surface area contributed by atoms with Crippen molar-refractivity contribution in [2.45, 2.75) is 51.5 Å². The van der Waals surface area contributed by atoms with Gasteiger partial charge in [-0.25, -0.2) is 8.78 Å². The number of benzene rings is 3. The van der Waals surface area contributed by atoms with Gasteiger partial charge in [0.2, 0.25) is 11.8 Å². The number of halogens is 2. The van der Waals surface area contributed by atoms with E-state index >= 15 is 0 Å². The van der Waals surface area contributed by atoms with Crippen molar-refractivity contribution < 1.29 is 23.2 Å². The van der Waals surface area contributed by atoms with Crippen molar-refractivity contribution in [3.8, 4) is 0 Å². The van der Waals surface area contributed by atoms with Gasteiger partial charge in [-0.1, -0.05) is 24.3 Å². The van der Waals surface area contributed by atoms with E-state index in [9.17, 15) is 23.2 Å². The number of aliphatic imine (C=N–C) groups is 1. The summed E-state index contributed by atoms with van der Waals surface area (Å²) in [5, 5.41) is 5.92. The third-order valence-corrected chi connectivity index (χ3v) is 7.48. The number of carbonyl (C=O) groups is 3. The normalized spacial score (nSPS) is 16.8. The molecule has 0 saturated heterocycles. The number of aryl methyl sites for hydroxylation is 2. The molecule has 0 aromatic heterocycles. The molecule has 7 nitrogen and oxygen atoms in total. The topological polar surface area (TPSA) is 114 Å². The SMILES string of the molecule is Cc1cc(C)c2c(c1)NC(=O)C2CC(=O)NC(Cc1cccc(F)c1)C1=C(c2ccc(F)c(C(N)=O)c2)CCC=N1. The number of hydrogen-bond donors (Lipinski definition) is 3. The van der Waals surface area contributed by atoms with Crippen molar-refractivity contribution in [2.75, 3.05) is 5.32 Å². The zero-order valence-corrected chi connectivity index (χ0v) is 22.8. The van der Waals surface area contributed by atoms with Crippen LogP contribution in [0.2, 0.25) is 0 Å². The molecular formula is C32H30F2N4O3. The first-order valence-corrected chi connectivity index (χ1v) is 13.4. The van der Waals surface area contributed by atoms with E-state index in [2.05, 4.69) is 15.6 Å². The van der Waals surface area contributed by atoms with Crippen LogP contribution in [0.5, 0.6) is 0 Å². The Morgan fingerprint density at radius 1 is 1.12 bits per heavy atom. The molecule has 0 saturated carbocycles. The Kier molecular flexibility index (Phi) is 7.79. The standard InChI is InChI=1S/C32H30F2N4O3/c1-17-11-18(2)29-24(32(41)38-26(29)12-17)16-28(39)37-27(14-19-5-3-6-21(33)13-19)30-22(7-4-10-36-30)20-8-9-25(34)23(15-20)31(35)40/h3,5-6,8-13,15,24,27H,4,7,14,16H2,1-2H3,(H2,35,40)(H,37,39)(H,38,41). The van der Waals surface area contributed by atoms with Crippen LogP contribution in [0.1, 0.15) is 63.4 Å². The van der Waals surface area contributed by atoms with Crippen LogP contribution in [0.15, 0.2) is 65.3 Å². The molecule has 3 amide bonds. The predicted molar refractivity (Wildman–Crippen MR) is 154 cm³/mol. The zero-order valence-electron chi connectivity index (χ0n) is 22.8. The molecule has 2 unspecified atom stereocenters. The minimum absolute atomic E-state index is 0.0862. The molecule has 41 heavy (non-hydrogen) atoms. The first-order valence-electron chi connectivity index (χ1n) is 13.4. The molecule has 0 bridgehead atoms. The fourth-order valence-electron chi connectivity index (χ4n) is 5.72. The van der Waals surface area contributed by atoms with Gasteiger partial charge in [-0.15, -0.1) is 0 Å². The smallest absolute Gasteiger partial charge is 0.251 e. The van der Waals surface area contributed by atoms with Gasteiger partial charge in [0.1, 0.15) is 11.6 Å². The fraction of sp³-hybridized carbons (Fsp3) is 0.250. The Morgan fingerprint density at radius 3 is 2.68 bits per heavy atom. The van der Waals surface area contributed by atoms with Crippen LogP contribution in [-0.4, -0.2) is 30.0 Å². The molecule has 210 valence electrons. The molecule has 0 aliphatic carbocycles. The molecule has 0 fully saturated rings. The summed E-state index contributed by atoms with van der Waals surface area (Å²) in [5.74, 6) is -3.30. The number of nitrogens with zero attached hydrogens (tertiary/aromatic N) is 1. The molecule has 2 aliphatic heterocycles. The molecule has 0 radical (unpaired) electrons. The van der Waals surface area contributed by atoms with Crippen molar-refractivity contribution in [1.82, 2.24) is 5.32 Å². The number of hydrogen-bond acceptors (Lipinski definition) is 4. The van der Waals surface area contributed by atoms with Crippen LogP contribution in [0.4, 0.5) is 14.5 Å². The third-order valence-electron chi connectivity index (χ3n) is 7.48. The van der Waals surface area contributed by atoms with Gasteiger partial charge in [-0.2, -0.15) is 0 Å². The highest BCUT2D eigenvalue weighted by molar-refractivity contribution is 6.05. The number of nitrogens with two attached hydrogens (primary N) is 1. The van der Waals surface area contributed by atoms with Gasteiger partial charge in [0.25, 0.3) is 5.91 Å². The quantitative estimate of drug-likeness (QED) is 0.358. The minimum Gasteiger partial charge on any atom is -0.366 e. The molecule has 2 aliphatic rings. The number of anilines is 1. The zero-order chi connectivity index (χ0) is 29.3. The minimum atomic E-state index is -0.893. The first kappa shape index (κ1) is 27.9. The molecule has 2 heterocycles. The van der Waals surface area contributed by atoms with E-state index in [4.69, 9.17) is 5.73 Å². The van der Waals surface area contributed by atoms with Gasteiger partial charge in [-0.3, -0.25) is 19.4 Å². The van der Waals surface area contributed by atoms with Crippen LogP contribution in [-0.2, 0) is 16.0 Å². The Hall–Kier alpha value is -4.66. The average molecular weight is 557 g/mol. The van der Waals surface area contributed by atoms with Crippen molar-refractivity contribution in [3.63, 3.8) is 0 Å². The van der Waals surface area contributed by atoms with E-state index in [1.165, 1.54) is 24.3 Å². The van der Waals surface area contributed by atoms with Crippen molar-refractivity contribution >= 4 is 35.2 Å². The van der Waals surface area contributed by atoms with E-state index in [-0.39, 0.29) is 30.2 Å². The second-order valence-corrected chi connectivity index (χ2v) is 10.5. The summed E-state index contributed by atoms with van der Waals surface area (Å²) in [5.41, 5.74) is 11.0. The number of amides is 3. The summed E-state index contributed by atoms with van der Waals surface area (Å²) in [4.78, 5) is 42.8. The van der Waals surface area contributed by atoms with Crippen molar-refractivity contribution in [1.29, 1.82) is 0 Å². The molecule has 9 heteroatoms. The molecule has 3 aromatic rings. The Balaban J connectivity index is 1.50. The highest BCUT2D eigenvalue weighted by Gasteiger charge is 2.35. The summed E-state index contributed by atoms with van der Waals surface area (Å²) in [6.07, 6.45) is 2.98. The molecule has 0 spiro atoms. The van der Waals surface area contributed by atoms with Crippen molar-refractivity contribution in [3.05, 3.63) is 105 Å². The van der Waals surface area contributed by atoms with Crippen LogP contribution in [0, 0.1) is 25.5 Å². The highest BCUT2D eigenvalue weighted by Crippen LogP contribution is 2.38. The lowest BCUT2D eigenvalue weighted by Gasteiger charge is -2.26. The molecule has 3 aromatic carbocycles. The Labute approximate surface area is 236 Å². The lowest BCUT2D eigenvalue weighted by molar-refractivity contribution is -0.125. The van der Waals surface area contributed by atoms with E-state index < -0.39 is 29.5 Å². The summed E-state index contributed by atoms with van der Waals surface area (Å²) in [6, 6.07) is 13.4. The average Bonchev–Trinajstić information content (AvgIpc) is 3.22. The lowest BCUT2D eigenvalue weighted by Crippen LogP contribution is -2.39. The third kappa shape index (κ3) is 5.94. The predicted octanol–water partition coefficient (Wildman–Crippen LogP) is 5.11. The van der Waals surface area contributed by atoms with Gasteiger partial charge in [0, 0.05) is 18.3 Å². The van der Waals surface area contributed by atoms with Crippen LogP contribution >= 0.6 is 0 Å². The van der Waals surface area contributed by atoms with Gasteiger partial charge in [-0.05, 0) is 96.8 Å². The van der Waals surface area contributed by atoms with Crippen LogP contribution in [0.3, 0.4) is 0 Å². The molecular weight excluding hydrogens is 526 g/mol. The lowest BCUT2D eigenvalue weighted by atomic mass is 9.90. The van der Waals surface area contributed by atoms with E-state index in [0.29, 0.717) is 40.9 Å². The van der Waals surface area contributed by atoms with E-state index in [0.717, 1.165) is 16.7 Å². The maximum absolute atomic E-state index is 14.3. The van der Waals surface area contributed by atoms with Gasteiger partial charge in [0.05, 0.1) is 23.2 Å². The summed E-state index contributed by atoms with van der Waals surface area (Å²) >= 11 is 0. The van der Waals surface area contributed by atoms with E-state index in [1.807, 2.05) is 26.0 Å².